The summed E-state index contributed by atoms with van der Waals surface area (Å²) in [4.78, 5) is 31.2. The first-order chi connectivity index (χ1) is 13.2. The van der Waals surface area contributed by atoms with Gasteiger partial charge in [0.25, 0.3) is 5.91 Å². The van der Waals surface area contributed by atoms with Gasteiger partial charge in [-0.05, 0) is 43.1 Å². The maximum atomic E-state index is 12.8. The number of hydrogen-bond donors (Lipinski definition) is 2. The lowest BCUT2D eigenvalue weighted by atomic mass is 9.96. The van der Waals surface area contributed by atoms with Crippen LogP contribution in [-0.4, -0.2) is 41.3 Å². The average molecular weight is 439 g/mol. The van der Waals surface area contributed by atoms with Crippen LogP contribution in [0.3, 0.4) is 0 Å². The number of likely N-dealkylation sites (tertiary alicyclic amines) is 1. The Morgan fingerprint density at radius 2 is 1.86 bits per heavy atom. The minimum absolute atomic E-state index is 0. The molecule has 0 aliphatic carbocycles. The van der Waals surface area contributed by atoms with E-state index in [2.05, 4.69) is 22.5 Å². The summed E-state index contributed by atoms with van der Waals surface area (Å²) in [6.45, 7) is 4.77. The summed E-state index contributed by atoms with van der Waals surface area (Å²) in [6.07, 6.45) is 4.85. The summed E-state index contributed by atoms with van der Waals surface area (Å²) >= 11 is 0. The largest absolute Gasteiger partial charge is 0.338 e. The average Bonchev–Trinajstić information content (AvgIpc) is 2.73. The van der Waals surface area contributed by atoms with Gasteiger partial charge in [0, 0.05) is 43.3 Å². The van der Waals surface area contributed by atoms with Crippen molar-refractivity contribution in [3.05, 3.63) is 59.9 Å². The summed E-state index contributed by atoms with van der Waals surface area (Å²) in [6, 6.07) is 11.3. The zero-order chi connectivity index (χ0) is 19.1. The number of carbonyl (C=O) groups is 2. The molecule has 1 atom stereocenters. The number of amides is 2. The molecule has 1 aromatic heterocycles. The van der Waals surface area contributed by atoms with Crippen molar-refractivity contribution >= 4 is 42.3 Å². The van der Waals surface area contributed by atoms with Crippen LogP contribution in [-0.2, 0) is 11.3 Å². The smallest absolute Gasteiger partial charge is 0.253 e. The number of hydrogen-bond acceptors (Lipinski definition) is 4. The summed E-state index contributed by atoms with van der Waals surface area (Å²) in [5, 5.41) is 6.35. The predicted octanol–water partition coefficient (Wildman–Crippen LogP) is 3.53. The molecule has 158 valence electrons. The van der Waals surface area contributed by atoms with Gasteiger partial charge >= 0.3 is 0 Å². The van der Waals surface area contributed by atoms with E-state index in [1.54, 1.807) is 29.4 Å². The van der Waals surface area contributed by atoms with E-state index in [1.165, 1.54) is 0 Å². The summed E-state index contributed by atoms with van der Waals surface area (Å²) in [5.74, 6) is -0.259. The first-order valence-electron chi connectivity index (χ1n) is 9.48. The molecule has 1 aliphatic rings. The number of para-hydroxylation sites is 1. The number of carbonyl (C=O) groups excluding carboxylic acids is 2. The molecule has 1 aliphatic heterocycles. The van der Waals surface area contributed by atoms with Crippen molar-refractivity contribution < 1.29 is 9.59 Å². The molecule has 1 fully saturated rings. The Morgan fingerprint density at radius 3 is 2.59 bits per heavy atom. The first-order valence-corrected chi connectivity index (χ1v) is 9.48. The van der Waals surface area contributed by atoms with Crippen molar-refractivity contribution in [3.63, 3.8) is 0 Å². The minimum Gasteiger partial charge on any atom is -0.338 e. The highest BCUT2D eigenvalue weighted by atomic mass is 35.5. The Balaban J connectivity index is 0.00000210. The van der Waals surface area contributed by atoms with Crippen LogP contribution in [0, 0.1) is 5.92 Å². The van der Waals surface area contributed by atoms with Crippen LogP contribution in [0.5, 0.6) is 0 Å². The summed E-state index contributed by atoms with van der Waals surface area (Å²) in [5.41, 5.74) is 2.51. The lowest BCUT2D eigenvalue weighted by Crippen LogP contribution is -2.43. The van der Waals surface area contributed by atoms with Crippen LogP contribution in [0.1, 0.15) is 35.7 Å². The molecule has 2 heterocycles. The van der Waals surface area contributed by atoms with Crippen molar-refractivity contribution in [3.8, 4) is 0 Å². The standard InChI is InChI=1S/C21H26N4O2.2ClH/c1-2-22-14-17-6-3-4-8-19(17)24-20(26)18-7-5-13-25(15-18)21(27)16-9-11-23-12-10-16;;/h3-4,6,8-12,18,22H,2,5,7,13-15H2,1H3,(H,24,26);2*1H. The van der Waals surface area contributed by atoms with E-state index in [9.17, 15) is 9.59 Å². The molecule has 3 rings (SSSR count). The van der Waals surface area contributed by atoms with Crippen molar-refractivity contribution in [1.29, 1.82) is 0 Å². The van der Waals surface area contributed by atoms with E-state index in [1.807, 2.05) is 24.3 Å². The van der Waals surface area contributed by atoms with Gasteiger partial charge in [-0.1, -0.05) is 25.1 Å². The number of piperidine rings is 1. The zero-order valence-corrected chi connectivity index (χ0v) is 18.1. The molecule has 0 radical (unpaired) electrons. The quantitative estimate of drug-likeness (QED) is 0.723. The fourth-order valence-corrected chi connectivity index (χ4v) is 3.34. The Morgan fingerprint density at radius 1 is 1.14 bits per heavy atom. The topological polar surface area (TPSA) is 74.3 Å². The highest BCUT2D eigenvalue weighted by Crippen LogP contribution is 2.22. The van der Waals surface area contributed by atoms with E-state index in [4.69, 9.17) is 0 Å². The first kappa shape index (κ1) is 24.9. The highest BCUT2D eigenvalue weighted by Gasteiger charge is 2.29. The van der Waals surface area contributed by atoms with Crippen LogP contribution in [0.4, 0.5) is 5.69 Å². The highest BCUT2D eigenvalue weighted by molar-refractivity contribution is 5.96. The number of halogens is 2. The third kappa shape index (κ3) is 6.70. The SMILES string of the molecule is CCNCc1ccccc1NC(=O)C1CCCN(C(=O)c2ccncc2)C1.Cl.Cl. The molecule has 1 aromatic carbocycles. The fraction of sp³-hybridized carbons (Fsp3) is 0.381. The van der Waals surface area contributed by atoms with Gasteiger partial charge in [0.15, 0.2) is 0 Å². The molecule has 1 saturated heterocycles. The second kappa shape index (κ2) is 12.4. The maximum absolute atomic E-state index is 12.8. The van der Waals surface area contributed by atoms with Gasteiger partial charge in [0.05, 0.1) is 5.92 Å². The van der Waals surface area contributed by atoms with E-state index in [0.717, 1.165) is 30.6 Å². The fourth-order valence-electron chi connectivity index (χ4n) is 3.34. The Bertz CT molecular complexity index is 789. The predicted molar refractivity (Wildman–Crippen MR) is 120 cm³/mol. The van der Waals surface area contributed by atoms with Crippen LogP contribution in [0.25, 0.3) is 0 Å². The molecule has 29 heavy (non-hydrogen) atoms. The van der Waals surface area contributed by atoms with Gasteiger partial charge in [0.1, 0.15) is 0 Å². The van der Waals surface area contributed by atoms with Crippen LogP contribution in [0.2, 0.25) is 0 Å². The van der Waals surface area contributed by atoms with E-state index in [0.29, 0.717) is 25.2 Å². The van der Waals surface area contributed by atoms with Gasteiger partial charge in [0.2, 0.25) is 5.91 Å². The van der Waals surface area contributed by atoms with Crippen LogP contribution >= 0.6 is 24.8 Å². The molecule has 1 unspecified atom stereocenters. The lowest BCUT2D eigenvalue weighted by Gasteiger charge is -2.32. The van der Waals surface area contributed by atoms with Crippen molar-refractivity contribution in [1.82, 2.24) is 15.2 Å². The van der Waals surface area contributed by atoms with Crippen molar-refractivity contribution in [2.75, 3.05) is 25.0 Å². The number of anilines is 1. The lowest BCUT2D eigenvalue weighted by molar-refractivity contribution is -0.121. The third-order valence-electron chi connectivity index (χ3n) is 4.85. The normalized spacial score (nSPS) is 15.6. The molecule has 2 N–H and O–H groups in total. The van der Waals surface area contributed by atoms with Gasteiger partial charge in [-0.2, -0.15) is 0 Å². The number of rotatable bonds is 6. The van der Waals surface area contributed by atoms with Crippen molar-refractivity contribution in [2.45, 2.75) is 26.3 Å². The van der Waals surface area contributed by atoms with E-state index in [-0.39, 0.29) is 42.5 Å². The van der Waals surface area contributed by atoms with Gasteiger partial charge in [-0.3, -0.25) is 14.6 Å². The molecule has 0 saturated carbocycles. The maximum Gasteiger partial charge on any atom is 0.253 e. The van der Waals surface area contributed by atoms with Gasteiger partial charge < -0.3 is 15.5 Å². The Kier molecular flexibility index (Phi) is 10.7. The van der Waals surface area contributed by atoms with Crippen LogP contribution in [0.15, 0.2) is 48.8 Å². The van der Waals surface area contributed by atoms with E-state index >= 15 is 0 Å². The molecular weight excluding hydrogens is 411 g/mol. The molecule has 6 nitrogen and oxygen atoms in total. The Hall–Kier alpha value is -2.15. The number of nitrogens with zero attached hydrogens (tertiary/aromatic N) is 2. The zero-order valence-electron chi connectivity index (χ0n) is 16.5. The second-order valence-corrected chi connectivity index (χ2v) is 6.75. The summed E-state index contributed by atoms with van der Waals surface area (Å²) in [7, 11) is 0. The van der Waals surface area contributed by atoms with Gasteiger partial charge in [-0.15, -0.1) is 24.8 Å². The molecular formula is C21H28Cl2N4O2. The number of pyridine rings is 1. The van der Waals surface area contributed by atoms with Crippen molar-refractivity contribution in [2.24, 2.45) is 5.92 Å². The minimum atomic E-state index is -0.197. The molecule has 8 heteroatoms. The van der Waals surface area contributed by atoms with E-state index < -0.39 is 0 Å². The number of benzene rings is 1. The Labute approximate surface area is 184 Å². The second-order valence-electron chi connectivity index (χ2n) is 6.75. The number of aromatic nitrogens is 1. The third-order valence-corrected chi connectivity index (χ3v) is 4.85. The molecule has 2 amide bonds. The monoisotopic (exact) mass is 438 g/mol. The molecule has 0 bridgehead atoms. The van der Waals surface area contributed by atoms with Gasteiger partial charge in [-0.25, -0.2) is 0 Å². The summed E-state index contributed by atoms with van der Waals surface area (Å²) < 4.78 is 0. The molecule has 0 spiro atoms. The number of nitrogens with one attached hydrogen (secondary N) is 2. The van der Waals surface area contributed by atoms with Crippen LogP contribution < -0.4 is 10.6 Å². The molecule has 2 aromatic rings.